The van der Waals surface area contributed by atoms with E-state index in [9.17, 15) is 14.7 Å². The van der Waals surface area contributed by atoms with Crippen molar-refractivity contribution in [3.63, 3.8) is 0 Å². The molecular weight excluding hydrogens is 378 g/mol. The minimum absolute atomic E-state index is 0.0366. The molecule has 0 fully saturated rings. The van der Waals surface area contributed by atoms with Gasteiger partial charge in [0.05, 0.1) is 25.2 Å². The molecule has 1 N–H and O–H groups in total. The minimum Gasteiger partial charge on any atom is -0.502 e. The fraction of sp³-hybridized carbons (Fsp3) is 0.190. The molecule has 1 atom stereocenters. The van der Waals surface area contributed by atoms with Gasteiger partial charge in [-0.1, -0.05) is 24.3 Å². The third-order valence-corrected chi connectivity index (χ3v) is 5.16. The first kappa shape index (κ1) is 19.7. The van der Waals surface area contributed by atoms with E-state index in [0.29, 0.717) is 17.1 Å². The van der Waals surface area contributed by atoms with Gasteiger partial charge in [-0.05, 0) is 23.8 Å². The lowest BCUT2D eigenvalue weighted by Crippen LogP contribution is -2.14. The van der Waals surface area contributed by atoms with Crippen LogP contribution in [-0.4, -0.2) is 23.2 Å². The van der Waals surface area contributed by atoms with Gasteiger partial charge >= 0.3 is 5.97 Å². The van der Waals surface area contributed by atoms with E-state index in [0.717, 1.165) is 4.90 Å². The molecule has 0 aliphatic carbocycles. The van der Waals surface area contributed by atoms with Crippen LogP contribution in [0.5, 0.6) is 5.75 Å². The lowest BCUT2D eigenvalue weighted by molar-refractivity contribution is -0.140. The quantitative estimate of drug-likeness (QED) is 0.480. The van der Waals surface area contributed by atoms with Gasteiger partial charge in [0, 0.05) is 23.4 Å². The highest BCUT2D eigenvalue weighted by molar-refractivity contribution is 7.98. The Morgan fingerprint density at radius 3 is 2.71 bits per heavy atom. The standard InChI is InChI=1S/C21H19NO5S/c1-26-19(24)11-17(14-6-5-9-22-12-14)21-20(25)18(23)10-15(27-21)13-28-16-7-3-2-4-8-16/h2-10,12,17,25H,11,13H2,1H3. The van der Waals surface area contributed by atoms with Crippen LogP contribution < -0.4 is 5.43 Å². The Balaban J connectivity index is 1.96. The number of carbonyl (C=O) groups excluding carboxylic acids is 1. The lowest BCUT2D eigenvalue weighted by atomic mass is 9.93. The third-order valence-electron chi connectivity index (χ3n) is 4.13. The van der Waals surface area contributed by atoms with Gasteiger partial charge in [-0.3, -0.25) is 14.6 Å². The van der Waals surface area contributed by atoms with Crippen molar-refractivity contribution in [3.05, 3.63) is 88.2 Å². The summed E-state index contributed by atoms with van der Waals surface area (Å²) >= 11 is 1.50. The van der Waals surface area contributed by atoms with E-state index in [-0.39, 0.29) is 12.2 Å². The number of rotatable bonds is 7. The minimum atomic E-state index is -0.685. The van der Waals surface area contributed by atoms with Gasteiger partial charge in [0.15, 0.2) is 5.76 Å². The molecule has 3 rings (SSSR count). The summed E-state index contributed by atoms with van der Waals surface area (Å²) in [6.45, 7) is 0. The van der Waals surface area contributed by atoms with Crippen molar-refractivity contribution >= 4 is 17.7 Å². The Morgan fingerprint density at radius 2 is 2.04 bits per heavy atom. The van der Waals surface area contributed by atoms with Crippen molar-refractivity contribution in [1.82, 2.24) is 4.98 Å². The number of hydrogen-bond acceptors (Lipinski definition) is 7. The number of hydrogen-bond donors (Lipinski definition) is 1. The van der Waals surface area contributed by atoms with E-state index in [4.69, 9.17) is 9.15 Å². The zero-order valence-corrected chi connectivity index (χ0v) is 16.0. The number of esters is 1. The van der Waals surface area contributed by atoms with Crippen molar-refractivity contribution in [2.45, 2.75) is 23.0 Å². The number of benzene rings is 1. The summed E-state index contributed by atoms with van der Waals surface area (Å²) in [4.78, 5) is 29.3. The summed E-state index contributed by atoms with van der Waals surface area (Å²) in [6.07, 6.45) is 3.08. The van der Waals surface area contributed by atoms with Crippen molar-refractivity contribution in [1.29, 1.82) is 0 Å². The highest BCUT2D eigenvalue weighted by atomic mass is 32.2. The molecule has 28 heavy (non-hydrogen) atoms. The van der Waals surface area contributed by atoms with E-state index in [1.54, 1.807) is 24.5 Å². The SMILES string of the molecule is COC(=O)CC(c1cccnc1)c1oc(CSc2ccccc2)cc(=O)c1O. The van der Waals surface area contributed by atoms with E-state index >= 15 is 0 Å². The highest BCUT2D eigenvalue weighted by Gasteiger charge is 2.26. The largest absolute Gasteiger partial charge is 0.502 e. The predicted octanol–water partition coefficient (Wildman–Crippen LogP) is 3.73. The van der Waals surface area contributed by atoms with Gasteiger partial charge in [0.2, 0.25) is 11.2 Å². The van der Waals surface area contributed by atoms with Gasteiger partial charge in [-0.25, -0.2) is 0 Å². The molecule has 0 aliphatic heterocycles. The second-order valence-corrected chi connectivity index (χ2v) is 7.06. The molecule has 144 valence electrons. The zero-order chi connectivity index (χ0) is 19.9. The molecule has 0 amide bonds. The van der Waals surface area contributed by atoms with Gasteiger partial charge in [-0.2, -0.15) is 0 Å². The molecule has 1 unspecified atom stereocenters. The summed E-state index contributed by atoms with van der Waals surface area (Å²) in [5, 5.41) is 10.3. The van der Waals surface area contributed by atoms with Crippen molar-refractivity contribution in [2.75, 3.05) is 7.11 Å². The van der Waals surface area contributed by atoms with Gasteiger partial charge in [0.25, 0.3) is 0 Å². The van der Waals surface area contributed by atoms with Crippen molar-refractivity contribution in [2.24, 2.45) is 0 Å². The molecule has 0 aliphatic rings. The van der Waals surface area contributed by atoms with Crippen molar-refractivity contribution in [3.8, 4) is 5.75 Å². The Kier molecular flexibility index (Phi) is 6.49. The van der Waals surface area contributed by atoms with Crippen LogP contribution >= 0.6 is 11.8 Å². The van der Waals surface area contributed by atoms with E-state index < -0.39 is 23.1 Å². The van der Waals surface area contributed by atoms with E-state index in [1.807, 2.05) is 30.3 Å². The van der Waals surface area contributed by atoms with Crippen LogP contribution in [0.15, 0.2) is 75.0 Å². The number of methoxy groups -OCH3 is 1. The summed E-state index contributed by atoms with van der Waals surface area (Å²) in [7, 11) is 1.28. The number of aromatic hydroxyl groups is 1. The smallest absolute Gasteiger partial charge is 0.306 e. The Morgan fingerprint density at radius 1 is 1.25 bits per heavy atom. The van der Waals surface area contributed by atoms with Crippen LogP contribution in [0.3, 0.4) is 0 Å². The molecular formula is C21H19NO5S. The molecule has 0 bridgehead atoms. The summed E-state index contributed by atoms with van der Waals surface area (Å²) in [5.74, 6) is -0.827. The zero-order valence-electron chi connectivity index (χ0n) is 15.2. The molecule has 2 heterocycles. The first-order chi connectivity index (χ1) is 13.6. The molecule has 0 saturated carbocycles. The van der Waals surface area contributed by atoms with Crippen LogP contribution in [-0.2, 0) is 15.3 Å². The molecule has 6 nitrogen and oxygen atoms in total. The second kappa shape index (κ2) is 9.23. The average molecular weight is 397 g/mol. The fourth-order valence-corrected chi connectivity index (χ4v) is 3.53. The number of ether oxygens (including phenoxy) is 1. The first-order valence-electron chi connectivity index (χ1n) is 8.59. The Hall–Kier alpha value is -3.06. The number of pyridine rings is 1. The van der Waals surface area contributed by atoms with E-state index in [1.165, 1.54) is 24.9 Å². The second-order valence-electron chi connectivity index (χ2n) is 6.01. The van der Waals surface area contributed by atoms with Crippen LogP contribution in [0.1, 0.15) is 29.4 Å². The van der Waals surface area contributed by atoms with Gasteiger partial charge in [-0.15, -0.1) is 11.8 Å². The molecule has 2 aromatic heterocycles. The summed E-state index contributed by atoms with van der Waals surface area (Å²) in [6, 6.07) is 14.4. The highest BCUT2D eigenvalue weighted by Crippen LogP contribution is 2.34. The molecule has 7 heteroatoms. The lowest BCUT2D eigenvalue weighted by Gasteiger charge is -2.17. The topological polar surface area (TPSA) is 89.6 Å². The first-order valence-corrected chi connectivity index (χ1v) is 9.57. The fourth-order valence-electron chi connectivity index (χ4n) is 2.73. The molecule has 0 spiro atoms. The molecule has 0 radical (unpaired) electrons. The molecule has 0 saturated heterocycles. The number of aromatic nitrogens is 1. The maximum absolute atomic E-state index is 12.3. The third kappa shape index (κ3) is 4.80. The monoisotopic (exact) mass is 397 g/mol. The van der Waals surface area contributed by atoms with E-state index in [2.05, 4.69) is 4.98 Å². The maximum atomic E-state index is 12.3. The average Bonchev–Trinajstić information content (AvgIpc) is 2.74. The Labute approximate surface area is 166 Å². The van der Waals surface area contributed by atoms with Crippen molar-refractivity contribution < 1.29 is 19.1 Å². The molecule has 1 aromatic carbocycles. The number of carbonyl (C=O) groups is 1. The van der Waals surface area contributed by atoms with Crippen LogP contribution in [0.4, 0.5) is 0 Å². The Bertz CT molecular complexity index is 989. The van der Waals surface area contributed by atoms with Gasteiger partial charge in [0.1, 0.15) is 5.76 Å². The normalized spacial score (nSPS) is 11.8. The predicted molar refractivity (Wildman–Crippen MR) is 105 cm³/mol. The summed E-state index contributed by atoms with van der Waals surface area (Å²) in [5.41, 5.74) is 0.0860. The number of thioether (sulfide) groups is 1. The van der Waals surface area contributed by atoms with Gasteiger partial charge < -0.3 is 14.3 Å². The van der Waals surface area contributed by atoms with Crippen LogP contribution in [0.2, 0.25) is 0 Å². The maximum Gasteiger partial charge on any atom is 0.306 e. The summed E-state index contributed by atoms with van der Waals surface area (Å²) < 4.78 is 10.6. The van der Waals surface area contributed by atoms with Crippen LogP contribution in [0, 0.1) is 0 Å². The number of nitrogens with zero attached hydrogens (tertiary/aromatic N) is 1. The molecule has 3 aromatic rings. The van der Waals surface area contributed by atoms with Crippen LogP contribution in [0.25, 0.3) is 0 Å².